The Morgan fingerprint density at radius 1 is 1.39 bits per heavy atom. The molecule has 18 heavy (non-hydrogen) atoms. The van der Waals surface area contributed by atoms with E-state index < -0.39 is 4.92 Å². The third kappa shape index (κ3) is 2.91. The zero-order valence-corrected chi connectivity index (χ0v) is 10.7. The smallest absolute Gasteiger partial charge is 0.293 e. The molecule has 3 N–H and O–H groups in total. The summed E-state index contributed by atoms with van der Waals surface area (Å²) in [5.74, 6) is 0. The molecule has 0 saturated heterocycles. The van der Waals surface area contributed by atoms with Crippen LogP contribution in [0.4, 0.5) is 11.4 Å². The highest BCUT2D eigenvalue weighted by atomic mass is 35.5. The van der Waals surface area contributed by atoms with E-state index in [0.29, 0.717) is 10.7 Å². The fourth-order valence-electron chi connectivity index (χ4n) is 2.32. The first-order valence-electron chi connectivity index (χ1n) is 6.04. The number of nitrogens with zero attached hydrogens (tertiary/aromatic N) is 1. The molecular formula is C12H16ClN3O2. The second-order valence-corrected chi connectivity index (χ2v) is 5.05. The second-order valence-electron chi connectivity index (χ2n) is 4.62. The summed E-state index contributed by atoms with van der Waals surface area (Å²) in [5, 5.41) is 14.5. The molecule has 98 valence electrons. The molecule has 0 aromatic heterocycles. The summed E-state index contributed by atoms with van der Waals surface area (Å²) in [4.78, 5) is 10.5. The minimum Gasteiger partial charge on any atom is -0.375 e. The average molecular weight is 270 g/mol. The summed E-state index contributed by atoms with van der Waals surface area (Å²) < 4.78 is 0. The fraction of sp³-hybridized carbons (Fsp3) is 0.500. The third-order valence-electron chi connectivity index (χ3n) is 3.32. The van der Waals surface area contributed by atoms with Crippen LogP contribution in [-0.4, -0.2) is 17.0 Å². The number of rotatable bonds is 3. The molecule has 0 amide bonds. The van der Waals surface area contributed by atoms with Gasteiger partial charge < -0.3 is 11.1 Å². The van der Waals surface area contributed by atoms with E-state index in [4.69, 9.17) is 17.3 Å². The van der Waals surface area contributed by atoms with E-state index in [0.717, 1.165) is 25.7 Å². The van der Waals surface area contributed by atoms with E-state index in [2.05, 4.69) is 5.32 Å². The predicted molar refractivity (Wildman–Crippen MR) is 72.0 cm³/mol. The van der Waals surface area contributed by atoms with Gasteiger partial charge in [0.2, 0.25) is 0 Å². The molecule has 1 aromatic rings. The topological polar surface area (TPSA) is 81.2 Å². The first-order valence-corrected chi connectivity index (χ1v) is 6.42. The molecule has 1 aliphatic carbocycles. The van der Waals surface area contributed by atoms with Crippen LogP contribution < -0.4 is 11.1 Å². The zero-order chi connectivity index (χ0) is 13.1. The van der Waals surface area contributed by atoms with Gasteiger partial charge in [-0.3, -0.25) is 10.1 Å². The second kappa shape index (κ2) is 5.54. The van der Waals surface area contributed by atoms with Crippen LogP contribution in [0, 0.1) is 10.1 Å². The van der Waals surface area contributed by atoms with Crippen molar-refractivity contribution in [3.05, 3.63) is 33.3 Å². The van der Waals surface area contributed by atoms with Crippen molar-refractivity contribution in [1.82, 2.24) is 0 Å². The summed E-state index contributed by atoms with van der Waals surface area (Å²) in [6.07, 6.45) is 4.13. The molecule has 2 rings (SSSR count). The van der Waals surface area contributed by atoms with Crippen molar-refractivity contribution in [3.8, 4) is 0 Å². The van der Waals surface area contributed by atoms with Crippen molar-refractivity contribution in [2.24, 2.45) is 5.73 Å². The van der Waals surface area contributed by atoms with Crippen LogP contribution in [-0.2, 0) is 0 Å². The summed E-state index contributed by atoms with van der Waals surface area (Å²) in [6.45, 7) is 0. The molecule has 0 radical (unpaired) electrons. The fourth-order valence-corrected chi connectivity index (χ4v) is 2.48. The first kappa shape index (κ1) is 13.1. The van der Waals surface area contributed by atoms with Gasteiger partial charge in [-0.15, -0.1) is 0 Å². The van der Waals surface area contributed by atoms with E-state index in [1.807, 2.05) is 0 Å². The van der Waals surface area contributed by atoms with Gasteiger partial charge in [0, 0.05) is 23.2 Å². The zero-order valence-electron chi connectivity index (χ0n) is 9.93. The molecular weight excluding hydrogens is 254 g/mol. The molecule has 1 aromatic carbocycles. The van der Waals surface area contributed by atoms with Gasteiger partial charge in [-0.2, -0.15) is 0 Å². The maximum atomic E-state index is 11.0. The first-order chi connectivity index (χ1) is 8.58. The Labute approximate surface area is 110 Å². The van der Waals surface area contributed by atoms with Gasteiger partial charge in [-0.05, 0) is 25.0 Å². The summed E-state index contributed by atoms with van der Waals surface area (Å²) in [5.41, 5.74) is 6.52. The van der Waals surface area contributed by atoms with Gasteiger partial charge in [-0.1, -0.05) is 24.4 Å². The molecule has 1 fully saturated rings. The molecule has 6 heteroatoms. The monoisotopic (exact) mass is 269 g/mol. The largest absolute Gasteiger partial charge is 0.375 e. The number of hydrogen-bond acceptors (Lipinski definition) is 4. The van der Waals surface area contributed by atoms with Crippen LogP contribution in [0.3, 0.4) is 0 Å². The quantitative estimate of drug-likeness (QED) is 0.653. The lowest BCUT2D eigenvalue weighted by molar-refractivity contribution is -0.384. The molecule has 0 heterocycles. The lowest BCUT2D eigenvalue weighted by atomic mass is 9.91. The lowest BCUT2D eigenvalue weighted by Gasteiger charge is -2.29. The maximum Gasteiger partial charge on any atom is 0.293 e. The average Bonchev–Trinajstić information content (AvgIpc) is 2.34. The van der Waals surface area contributed by atoms with E-state index in [-0.39, 0.29) is 17.8 Å². The van der Waals surface area contributed by atoms with Crippen LogP contribution >= 0.6 is 11.6 Å². The number of nitro groups is 1. The summed E-state index contributed by atoms with van der Waals surface area (Å²) >= 11 is 5.78. The molecule has 0 bridgehead atoms. The molecule has 2 atom stereocenters. The van der Waals surface area contributed by atoms with Gasteiger partial charge in [0.1, 0.15) is 5.69 Å². The number of nitrogens with two attached hydrogens (primary N) is 1. The number of anilines is 1. The number of nitrogens with one attached hydrogen (secondary N) is 1. The molecule has 0 spiro atoms. The van der Waals surface area contributed by atoms with Crippen LogP contribution in [0.15, 0.2) is 18.2 Å². The van der Waals surface area contributed by atoms with E-state index in [1.54, 1.807) is 12.1 Å². The molecule has 1 aliphatic rings. The summed E-state index contributed by atoms with van der Waals surface area (Å²) in [6, 6.07) is 4.79. The Morgan fingerprint density at radius 2 is 2.11 bits per heavy atom. The van der Waals surface area contributed by atoms with Gasteiger partial charge in [0.15, 0.2) is 0 Å². The third-order valence-corrected chi connectivity index (χ3v) is 3.55. The van der Waals surface area contributed by atoms with Crippen molar-refractivity contribution in [1.29, 1.82) is 0 Å². The normalized spacial score (nSPS) is 23.7. The maximum absolute atomic E-state index is 11.0. The van der Waals surface area contributed by atoms with Gasteiger partial charge in [0.25, 0.3) is 5.69 Å². The highest BCUT2D eigenvalue weighted by molar-refractivity contribution is 6.30. The van der Waals surface area contributed by atoms with Gasteiger partial charge in [-0.25, -0.2) is 0 Å². The van der Waals surface area contributed by atoms with Crippen LogP contribution in [0.25, 0.3) is 0 Å². The number of nitro benzene ring substituents is 1. The highest BCUT2D eigenvalue weighted by Gasteiger charge is 2.24. The van der Waals surface area contributed by atoms with Crippen molar-refractivity contribution >= 4 is 23.0 Å². The summed E-state index contributed by atoms with van der Waals surface area (Å²) in [7, 11) is 0. The van der Waals surface area contributed by atoms with Crippen LogP contribution in [0.2, 0.25) is 5.02 Å². The van der Waals surface area contributed by atoms with Crippen molar-refractivity contribution < 1.29 is 4.92 Å². The Bertz CT molecular complexity index is 453. The highest BCUT2D eigenvalue weighted by Crippen LogP contribution is 2.30. The Hall–Kier alpha value is -1.33. The predicted octanol–water partition coefficient (Wildman–Crippen LogP) is 2.93. The van der Waals surface area contributed by atoms with Crippen molar-refractivity contribution in [2.45, 2.75) is 37.8 Å². The molecule has 0 aliphatic heterocycles. The SMILES string of the molecule is NC1CCCCC1Nc1ccc(Cl)cc1[N+](=O)[O-]. The molecule has 1 saturated carbocycles. The molecule has 2 unspecified atom stereocenters. The minimum atomic E-state index is -0.428. The molecule has 5 nitrogen and oxygen atoms in total. The van der Waals surface area contributed by atoms with Crippen LogP contribution in [0.5, 0.6) is 0 Å². The minimum absolute atomic E-state index is 0.000253. The van der Waals surface area contributed by atoms with E-state index in [1.165, 1.54) is 6.07 Å². The Kier molecular flexibility index (Phi) is 4.04. The Morgan fingerprint density at radius 3 is 2.78 bits per heavy atom. The van der Waals surface area contributed by atoms with Crippen molar-refractivity contribution in [2.75, 3.05) is 5.32 Å². The number of halogens is 1. The standard InChI is InChI=1S/C12H16ClN3O2/c13-8-5-6-11(12(7-8)16(17)18)15-10-4-2-1-3-9(10)14/h5-7,9-10,15H,1-4,14H2. The lowest BCUT2D eigenvalue weighted by Crippen LogP contribution is -2.42. The number of hydrogen-bond donors (Lipinski definition) is 2. The van der Waals surface area contributed by atoms with E-state index in [9.17, 15) is 10.1 Å². The van der Waals surface area contributed by atoms with Gasteiger partial charge >= 0.3 is 0 Å². The van der Waals surface area contributed by atoms with Crippen molar-refractivity contribution in [3.63, 3.8) is 0 Å². The van der Waals surface area contributed by atoms with Crippen LogP contribution in [0.1, 0.15) is 25.7 Å². The Balaban J connectivity index is 2.20. The number of benzene rings is 1. The van der Waals surface area contributed by atoms with E-state index >= 15 is 0 Å². The van der Waals surface area contributed by atoms with Gasteiger partial charge in [0.05, 0.1) is 4.92 Å².